The Labute approximate surface area is 136 Å². The summed E-state index contributed by atoms with van der Waals surface area (Å²) in [7, 11) is 1.84. The van der Waals surface area contributed by atoms with Crippen molar-refractivity contribution in [2.75, 3.05) is 40.1 Å². The normalized spacial score (nSPS) is 15.3. The van der Waals surface area contributed by atoms with Crippen LogP contribution in [0, 0.1) is 17.8 Å². The summed E-state index contributed by atoms with van der Waals surface area (Å²) in [4.78, 5) is 9.86. The Morgan fingerprint density at radius 3 is 3.00 bits per heavy atom. The Bertz CT molecular complexity index is 542. The monoisotopic (exact) mass is 321 g/mol. The zero-order valence-electron chi connectivity index (χ0n) is 12.6. The van der Waals surface area contributed by atoms with Crippen LogP contribution in [0.25, 0.3) is 0 Å². The molecular formula is C15H20ClN5O. The maximum atomic E-state index is 8.03. The van der Waals surface area contributed by atoms with Crippen molar-refractivity contribution in [1.82, 2.24) is 19.7 Å². The lowest BCUT2D eigenvalue weighted by atomic mass is 10.2. The maximum Gasteiger partial charge on any atom is 0.197 e. The van der Waals surface area contributed by atoms with Crippen LogP contribution < -0.4 is 0 Å². The second-order valence-electron chi connectivity index (χ2n) is 5.15. The number of hydrogen-bond donors (Lipinski definition) is 1. The van der Waals surface area contributed by atoms with Crippen molar-refractivity contribution >= 4 is 17.6 Å². The van der Waals surface area contributed by atoms with Crippen LogP contribution >= 0.6 is 11.6 Å². The summed E-state index contributed by atoms with van der Waals surface area (Å²) in [6, 6.07) is 3.72. The van der Waals surface area contributed by atoms with Crippen LogP contribution in [-0.2, 0) is 11.3 Å². The van der Waals surface area contributed by atoms with Crippen LogP contribution in [0.5, 0.6) is 0 Å². The number of aromatic nitrogens is 1. The van der Waals surface area contributed by atoms with Crippen LogP contribution in [0.1, 0.15) is 5.56 Å². The van der Waals surface area contributed by atoms with Gasteiger partial charge >= 0.3 is 0 Å². The summed E-state index contributed by atoms with van der Waals surface area (Å²) >= 11 is 5.80. The third kappa shape index (κ3) is 4.60. The molecule has 0 bridgehead atoms. The Balaban J connectivity index is 1.90. The molecule has 1 aromatic rings. The van der Waals surface area contributed by atoms with Crippen molar-refractivity contribution in [2.24, 2.45) is 0 Å². The van der Waals surface area contributed by atoms with E-state index in [0.717, 1.165) is 12.1 Å². The van der Waals surface area contributed by atoms with Crippen LogP contribution in [-0.4, -0.2) is 65.8 Å². The van der Waals surface area contributed by atoms with Gasteiger partial charge in [-0.1, -0.05) is 23.6 Å². The van der Waals surface area contributed by atoms with E-state index in [1.54, 1.807) is 17.2 Å². The van der Waals surface area contributed by atoms with Crippen LogP contribution in [0.3, 0.4) is 0 Å². The lowest BCUT2D eigenvalue weighted by Crippen LogP contribution is -2.51. The summed E-state index contributed by atoms with van der Waals surface area (Å²) in [5.41, 5.74) is 1.06. The largest absolute Gasteiger partial charge is 0.341 e. The van der Waals surface area contributed by atoms with E-state index in [1.807, 2.05) is 18.0 Å². The molecule has 6 nitrogen and oxygen atoms in total. The predicted octanol–water partition coefficient (Wildman–Crippen LogP) is 1.28. The molecule has 2 heterocycles. The Morgan fingerprint density at radius 1 is 1.50 bits per heavy atom. The van der Waals surface area contributed by atoms with Gasteiger partial charge in [-0.05, 0) is 11.6 Å². The molecule has 0 aromatic carbocycles. The third-order valence-corrected chi connectivity index (χ3v) is 3.61. The van der Waals surface area contributed by atoms with Crippen molar-refractivity contribution in [1.29, 1.82) is 5.41 Å². The molecule has 7 heteroatoms. The lowest BCUT2D eigenvalue weighted by molar-refractivity contribution is -0.0212. The van der Waals surface area contributed by atoms with Gasteiger partial charge < -0.3 is 14.5 Å². The first kappa shape index (κ1) is 16.6. The zero-order chi connectivity index (χ0) is 15.9. The topological polar surface area (TPSA) is 55.7 Å². The minimum Gasteiger partial charge on any atom is -0.341 e. The molecule has 1 N–H and O–H groups in total. The highest BCUT2D eigenvalue weighted by Crippen LogP contribution is 2.09. The third-order valence-electron chi connectivity index (χ3n) is 3.39. The molecule has 1 saturated heterocycles. The molecule has 1 aliphatic heterocycles. The van der Waals surface area contributed by atoms with Crippen molar-refractivity contribution in [2.45, 2.75) is 6.54 Å². The number of pyridine rings is 1. The predicted molar refractivity (Wildman–Crippen MR) is 86.4 cm³/mol. The number of hydrogen-bond acceptors (Lipinski definition) is 4. The molecule has 0 atom stereocenters. The minimum atomic E-state index is 0.440. The number of nitrogens with one attached hydrogen (secondary N) is 1. The van der Waals surface area contributed by atoms with E-state index in [9.17, 15) is 0 Å². The highest BCUT2D eigenvalue weighted by atomic mass is 35.5. The highest BCUT2D eigenvalue weighted by molar-refractivity contribution is 6.29. The number of ether oxygens (including phenoxy) is 1. The second-order valence-corrected chi connectivity index (χ2v) is 5.54. The smallest absolute Gasteiger partial charge is 0.197 e. The standard InChI is InChI=1S/C15H20ClN5O/c1-3-6-20(10-13-4-5-14(16)18-9-13)7-8-21-12-22-11-19(2)15(21)17/h1,4-5,9,17H,6-8,10-12H2,2H3. The van der Waals surface area contributed by atoms with Gasteiger partial charge in [0.15, 0.2) is 5.96 Å². The number of terminal acetylenes is 1. The summed E-state index contributed by atoms with van der Waals surface area (Å²) < 4.78 is 5.42. The van der Waals surface area contributed by atoms with Gasteiger partial charge in [0, 0.05) is 32.9 Å². The van der Waals surface area contributed by atoms with Gasteiger partial charge in [0.1, 0.15) is 18.6 Å². The molecule has 0 spiro atoms. The van der Waals surface area contributed by atoms with E-state index in [4.69, 9.17) is 28.2 Å². The Morgan fingerprint density at radius 2 is 2.32 bits per heavy atom. The molecule has 0 amide bonds. The molecule has 0 saturated carbocycles. The van der Waals surface area contributed by atoms with Crippen molar-refractivity contribution in [3.8, 4) is 12.3 Å². The van der Waals surface area contributed by atoms with E-state index in [0.29, 0.717) is 44.2 Å². The van der Waals surface area contributed by atoms with E-state index in [2.05, 4.69) is 15.8 Å². The molecule has 0 aliphatic carbocycles. The average molecular weight is 322 g/mol. The van der Waals surface area contributed by atoms with E-state index < -0.39 is 0 Å². The molecule has 1 fully saturated rings. The summed E-state index contributed by atoms with van der Waals surface area (Å²) in [5, 5.41) is 8.51. The summed E-state index contributed by atoms with van der Waals surface area (Å²) in [5.74, 6) is 3.15. The van der Waals surface area contributed by atoms with Gasteiger partial charge in [-0.25, -0.2) is 4.98 Å². The lowest BCUT2D eigenvalue weighted by Gasteiger charge is -2.36. The molecular weight excluding hydrogens is 302 g/mol. The quantitative estimate of drug-likeness (QED) is 0.632. The van der Waals surface area contributed by atoms with Crippen molar-refractivity contribution in [3.05, 3.63) is 29.0 Å². The van der Waals surface area contributed by atoms with E-state index >= 15 is 0 Å². The fourth-order valence-corrected chi connectivity index (χ4v) is 2.30. The van der Waals surface area contributed by atoms with Gasteiger partial charge in [-0.3, -0.25) is 10.3 Å². The first-order chi connectivity index (χ1) is 10.6. The number of guanidine groups is 1. The van der Waals surface area contributed by atoms with Crippen molar-refractivity contribution in [3.63, 3.8) is 0 Å². The molecule has 2 rings (SSSR count). The van der Waals surface area contributed by atoms with E-state index in [1.165, 1.54) is 0 Å². The fourth-order valence-electron chi connectivity index (χ4n) is 2.19. The minimum absolute atomic E-state index is 0.440. The van der Waals surface area contributed by atoms with Crippen LogP contribution in [0.15, 0.2) is 18.3 Å². The van der Waals surface area contributed by atoms with E-state index in [-0.39, 0.29) is 0 Å². The first-order valence-corrected chi connectivity index (χ1v) is 7.36. The fraction of sp³-hybridized carbons (Fsp3) is 0.467. The maximum absolute atomic E-state index is 8.03. The van der Waals surface area contributed by atoms with Crippen LogP contribution in [0.4, 0.5) is 0 Å². The van der Waals surface area contributed by atoms with Gasteiger partial charge in [-0.2, -0.15) is 0 Å². The summed E-state index contributed by atoms with van der Waals surface area (Å²) in [6.07, 6.45) is 7.20. The molecule has 22 heavy (non-hydrogen) atoms. The molecule has 1 aromatic heterocycles. The van der Waals surface area contributed by atoms with Crippen LogP contribution in [0.2, 0.25) is 5.15 Å². The highest BCUT2D eigenvalue weighted by Gasteiger charge is 2.20. The first-order valence-electron chi connectivity index (χ1n) is 6.99. The number of halogens is 1. The zero-order valence-corrected chi connectivity index (χ0v) is 13.4. The van der Waals surface area contributed by atoms with Gasteiger partial charge in [0.05, 0.1) is 6.54 Å². The van der Waals surface area contributed by atoms with Gasteiger partial charge in [0.25, 0.3) is 0 Å². The summed E-state index contributed by atoms with van der Waals surface area (Å²) in [6.45, 7) is 3.57. The molecule has 118 valence electrons. The number of rotatable bonds is 6. The SMILES string of the molecule is C#CCN(CCN1COCN(C)C1=N)Cc1ccc(Cl)nc1. The molecule has 0 radical (unpaired) electrons. The average Bonchev–Trinajstić information content (AvgIpc) is 2.51. The molecule has 0 unspecified atom stereocenters. The van der Waals surface area contributed by atoms with Gasteiger partial charge in [0.2, 0.25) is 0 Å². The number of nitrogens with zero attached hydrogens (tertiary/aromatic N) is 4. The second kappa shape index (κ2) is 7.99. The van der Waals surface area contributed by atoms with Crippen molar-refractivity contribution < 1.29 is 4.74 Å². The molecule has 1 aliphatic rings. The van der Waals surface area contributed by atoms with Gasteiger partial charge in [-0.15, -0.1) is 6.42 Å². The Kier molecular flexibility index (Phi) is 6.01. The Hall–Kier alpha value is -1.81.